The minimum absolute atomic E-state index is 0.107. The normalized spacial score (nSPS) is 19.5. The number of nitrogens with zero attached hydrogens (tertiary/aromatic N) is 1. The molecule has 13 heavy (non-hydrogen) atoms. The molecule has 0 spiro atoms. The second kappa shape index (κ2) is 5.90. The number of ether oxygens (including phenoxy) is 1. The van der Waals surface area contributed by atoms with Crippen LogP contribution in [-0.4, -0.2) is 50.8 Å². The van der Waals surface area contributed by atoms with Gasteiger partial charge in [-0.25, -0.2) is 5.48 Å². The number of hydroxylamine groups is 1. The summed E-state index contributed by atoms with van der Waals surface area (Å²) in [5.74, 6) is -0.107. The first-order valence-electron chi connectivity index (χ1n) is 4.45. The summed E-state index contributed by atoms with van der Waals surface area (Å²) in [7, 11) is 1.43. The lowest BCUT2D eigenvalue weighted by Crippen LogP contribution is -2.38. The third-order valence-electron chi connectivity index (χ3n) is 1.90. The third kappa shape index (κ3) is 4.21. The molecule has 1 amide bonds. The van der Waals surface area contributed by atoms with E-state index in [1.54, 1.807) is 0 Å². The van der Waals surface area contributed by atoms with Crippen LogP contribution >= 0.6 is 0 Å². The molecule has 0 atom stereocenters. The summed E-state index contributed by atoms with van der Waals surface area (Å²) in [4.78, 5) is 17.7. The van der Waals surface area contributed by atoms with Gasteiger partial charge in [0.2, 0.25) is 0 Å². The van der Waals surface area contributed by atoms with Crippen molar-refractivity contribution in [2.45, 2.75) is 6.42 Å². The molecule has 1 saturated heterocycles. The van der Waals surface area contributed by atoms with Gasteiger partial charge in [0.25, 0.3) is 5.91 Å². The highest BCUT2D eigenvalue weighted by Crippen LogP contribution is 1.97. The SMILES string of the molecule is CONC(=O)CN1CCCOCC1. The van der Waals surface area contributed by atoms with Gasteiger partial charge in [-0.2, -0.15) is 0 Å². The van der Waals surface area contributed by atoms with Gasteiger partial charge in [-0.05, 0) is 6.42 Å². The second-order valence-corrected chi connectivity index (χ2v) is 2.97. The number of hydrogen-bond acceptors (Lipinski definition) is 4. The smallest absolute Gasteiger partial charge is 0.257 e. The Morgan fingerprint density at radius 3 is 3.15 bits per heavy atom. The minimum Gasteiger partial charge on any atom is -0.380 e. The first kappa shape index (κ1) is 10.4. The van der Waals surface area contributed by atoms with Crippen LogP contribution in [0.15, 0.2) is 0 Å². The standard InChI is InChI=1S/C8H16N2O3/c1-12-9-8(11)7-10-3-2-5-13-6-4-10/h2-7H2,1H3,(H,9,11). The molecule has 1 N–H and O–H groups in total. The number of hydrogen-bond donors (Lipinski definition) is 1. The summed E-state index contributed by atoms with van der Waals surface area (Å²) < 4.78 is 5.26. The maximum absolute atomic E-state index is 11.1. The molecule has 5 heteroatoms. The Bertz CT molecular complexity index is 155. The summed E-state index contributed by atoms with van der Waals surface area (Å²) in [6, 6.07) is 0. The molecule has 0 aromatic rings. The zero-order chi connectivity index (χ0) is 9.52. The quantitative estimate of drug-likeness (QED) is 0.600. The van der Waals surface area contributed by atoms with Gasteiger partial charge in [-0.1, -0.05) is 0 Å². The van der Waals surface area contributed by atoms with Crippen LogP contribution < -0.4 is 5.48 Å². The summed E-state index contributed by atoms with van der Waals surface area (Å²) in [6.07, 6.45) is 0.986. The number of carbonyl (C=O) groups excluding carboxylic acids is 1. The van der Waals surface area contributed by atoms with Crippen LogP contribution in [0.25, 0.3) is 0 Å². The molecule has 5 nitrogen and oxygen atoms in total. The number of nitrogens with one attached hydrogen (secondary N) is 1. The first-order valence-corrected chi connectivity index (χ1v) is 4.45. The Morgan fingerprint density at radius 2 is 2.38 bits per heavy atom. The molecule has 0 unspecified atom stereocenters. The lowest BCUT2D eigenvalue weighted by Gasteiger charge is -2.17. The molecule has 1 heterocycles. The fourth-order valence-electron chi connectivity index (χ4n) is 1.31. The van der Waals surface area contributed by atoms with Crippen LogP contribution in [-0.2, 0) is 14.4 Å². The number of amides is 1. The molecular weight excluding hydrogens is 172 g/mol. The van der Waals surface area contributed by atoms with Crippen LogP contribution in [0.4, 0.5) is 0 Å². The van der Waals surface area contributed by atoms with Crippen molar-refractivity contribution in [1.29, 1.82) is 0 Å². The van der Waals surface area contributed by atoms with E-state index < -0.39 is 0 Å². The van der Waals surface area contributed by atoms with Crippen molar-refractivity contribution in [2.75, 3.05) is 40.0 Å². The average Bonchev–Trinajstić information content (AvgIpc) is 2.33. The molecule has 0 saturated carbocycles. The molecule has 1 aliphatic rings. The Morgan fingerprint density at radius 1 is 1.54 bits per heavy atom. The van der Waals surface area contributed by atoms with E-state index >= 15 is 0 Å². The molecule has 0 aromatic carbocycles. The van der Waals surface area contributed by atoms with Gasteiger partial charge in [0.1, 0.15) is 0 Å². The van der Waals surface area contributed by atoms with E-state index in [1.807, 2.05) is 0 Å². The molecular formula is C8H16N2O3. The Balaban J connectivity index is 2.21. The zero-order valence-electron chi connectivity index (χ0n) is 7.91. The van der Waals surface area contributed by atoms with Crippen LogP contribution in [0, 0.1) is 0 Å². The molecule has 1 fully saturated rings. The predicted molar refractivity (Wildman–Crippen MR) is 47.0 cm³/mol. The summed E-state index contributed by atoms with van der Waals surface area (Å²) in [5, 5.41) is 0. The van der Waals surface area contributed by atoms with E-state index in [-0.39, 0.29) is 5.91 Å². The van der Waals surface area contributed by atoms with Gasteiger partial charge in [0.05, 0.1) is 20.3 Å². The van der Waals surface area contributed by atoms with Gasteiger partial charge in [0, 0.05) is 19.7 Å². The van der Waals surface area contributed by atoms with Crippen molar-refractivity contribution in [3.05, 3.63) is 0 Å². The highest BCUT2D eigenvalue weighted by Gasteiger charge is 2.12. The van der Waals surface area contributed by atoms with E-state index in [9.17, 15) is 4.79 Å². The van der Waals surface area contributed by atoms with E-state index in [4.69, 9.17) is 4.74 Å². The maximum Gasteiger partial charge on any atom is 0.257 e. The fraction of sp³-hybridized carbons (Fsp3) is 0.875. The topological polar surface area (TPSA) is 50.8 Å². The van der Waals surface area contributed by atoms with Gasteiger partial charge in [0.15, 0.2) is 0 Å². The van der Waals surface area contributed by atoms with Crippen molar-refractivity contribution < 1.29 is 14.4 Å². The Labute approximate surface area is 77.9 Å². The highest BCUT2D eigenvalue weighted by molar-refractivity contribution is 5.76. The molecule has 0 aliphatic carbocycles. The van der Waals surface area contributed by atoms with Crippen molar-refractivity contribution in [3.63, 3.8) is 0 Å². The summed E-state index contributed by atoms with van der Waals surface area (Å²) in [6.45, 7) is 3.62. The number of carbonyl (C=O) groups is 1. The highest BCUT2D eigenvalue weighted by atomic mass is 16.6. The monoisotopic (exact) mass is 188 g/mol. The molecule has 0 bridgehead atoms. The summed E-state index contributed by atoms with van der Waals surface area (Å²) in [5.41, 5.74) is 2.29. The molecule has 0 aromatic heterocycles. The lowest BCUT2D eigenvalue weighted by atomic mass is 10.4. The molecule has 1 aliphatic heterocycles. The minimum atomic E-state index is -0.107. The van der Waals surface area contributed by atoms with Crippen molar-refractivity contribution in [3.8, 4) is 0 Å². The van der Waals surface area contributed by atoms with Gasteiger partial charge >= 0.3 is 0 Å². The van der Waals surface area contributed by atoms with E-state index in [1.165, 1.54) is 7.11 Å². The van der Waals surface area contributed by atoms with E-state index in [0.29, 0.717) is 13.2 Å². The first-order chi connectivity index (χ1) is 6.33. The van der Waals surface area contributed by atoms with Gasteiger partial charge in [-0.3, -0.25) is 14.5 Å². The predicted octanol–water partition coefficient (Wildman–Crippen LogP) is -0.614. The van der Waals surface area contributed by atoms with Crippen LogP contribution in [0.1, 0.15) is 6.42 Å². The van der Waals surface area contributed by atoms with Gasteiger partial charge < -0.3 is 4.74 Å². The molecule has 1 rings (SSSR count). The largest absolute Gasteiger partial charge is 0.380 e. The van der Waals surface area contributed by atoms with E-state index in [2.05, 4.69) is 15.2 Å². The Kier molecular flexibility index (Phi) is 4.74. The van der Waals surface area contributed by atoms with Crippen molar-refractivity contribution in [1.82, 2.24) is 10.4 Å². The lowest BCUT2D eigenvalue weighted by molar-refractivity contribution is -0.132. The fourth-order valence-corrected chi connectivity index (χ4v) is 1.31. The van der Waals surface area contributed by atoms with Crippen LogP contribution in [0.3, 0.4) is 0 Å². The average molecular weight is 188 g/mol. The van der Waals surface area contributed by atoms with Crippen LogP contribution in [0.2, 0.25) is 0 Å². The third-order valence-corrected chi connectivity index (χ3v) is 1.90. The summed E-state index contributed by atoms with van der Waals surface area (Å²) >= 11 is 0. The second-order valence-electron chi connectivity index (χ2n) is 2.97. The van der Waals surface area contributed by atoms with Gasteiger partial charge in [-0.15, -0.1) is 0 Å². The van der Waals surface area contributed by atoms with E-state index in [0.717, 1.165) is 26.1 Å². The van der Waals surface area contributed by atoms with Crippen molar-refractivity contribution in [2.24, 2.45) is 0 Å². The molecule has 0 radical (unpaired) electrons. The zero-order valence-corrected chi connectivity index (χ0v) is 7.91. The maximum atomic E-state index is 11.1. The number of rotatable bonds is 3. The van der Waals surface area contributed by atoms with Crippen molar-refractivity contribution >= 4 is 5.91 Å². The molecule has 76 valence electrons. The van der Waals surface area contributed by atoms with Crippen LogP contribution in [0.5, 0.6) is 0 Å². The Hall–Kier alpha value is -0.650.